The first-order valence-electron chi connectivity index (χ1n) is 6.41. The van der Waals surface area contributed by atoms with E-state index in [0.29, 0.717) is 0 Å². The summed E-state index contributed by atoms with van der Waals surface area (Å²) in [7, 11) is 1.46. The Labute approximate surface area is 113 Å². The molecule has 0 amide bonds. The van der Waals surface area contributed by atoms with Crippen LogP contribution < -0.4 is 10.1 Å². The summed E-state index contributed by atoms with van der Waals surface area (Å²) >= 11 is 0. The van der Waals surface area contributed by atoms with Crippen LogP contribution in [-0.2, 0) is 6.42 Å². The van der Waals surface area contributed by atoms with Crippen LogP contribution in [0.3, 0.4) is 0 Å². The fraction of sp³-hybridized carbons (Fsp3) is 0.250. The Kier molecular flexibility index (Phi) is 4.78. The molecule has 0 saturated heterocycles. The predicted molar refractivity (Wildman–Crippen MR) is 76.2 cm³/mol. The minimum atomic E-state index is -0.337. The van der Waals surface area contributed by atoms with Crippen molar-refractivity contribution in [3.8, 4) is 5.75 Å². The standard InChI is InChI=1S/C16H18FNO/c1-19-16-10-9-14(12-15(16)17)18-11-5-8-13-6-3-2-4-7-13/h2-4,6-7,9-10,12,18H,5,8,11H2,1H3. The molecule has 0 aliphatic rings. The maximum absolute atomic E-state index is 13.5. The highest BCUT2D eigenvalue weighted by Crippen LogP contribution is 2.20. The van der Waals surface area contributed by atoms with Crippen LogP contribution in [0.25, 0.3) is 0 Å². The van der Waals surface area contributed by atoms with Crippen LogP contribution in [0.15, 0.2) is 48.5 Å². The summed E-state index contributed by atoms with van der Waals surface area (Å²) < 4.78 is 18.3. The summed E-state index contributed by atoms with van der Waals surface area (Å²) in [6.45, 7) is 0.820. The van der Waals surface area contributed by atoms with Crippen molar-refractivity contribution in [2.45, 2.75) is 12.8 Å². The highest BCUT2D eigenvalue weighted by Gasteiger charge is 2.02. The fourth-order valence-electron chi connectivity index (χ4n) is 1.95. The van der Waals surface area contributed by atoms with Crippen molar-refractivity contribution in [1.29, 1.82) is 0 Å². The number of hydrogen-bond donors (Lipinski definition) is 1. The van der Waals surface area contributed by atoms with Gasteiger partial charge in [-0.1, -0.05) is 30.3 Å². The molecule has 0 saturated carbocycles. The molecule has 0 bridgehead atoms. The smallest absolute Gasteiger partial charge is 0.167 e. The molecule has 0 aliphatic heterocycles. The van der Waals surface area contributed by atoms with Gasteiger partial charge in [0.1, 0.15) is 0 Å². The predicted octanol–water partition coefficient (Wildman–Crippen LogP) is 3.88. The highest BCUT2D eigenvalue weighted by molar-refractivity contribution is 5.47. The molecule has 19 heavy (non-hydrogen) atoms. The summed E-state index contributed by atoms with van der Waals surface area (Å²) in [4.78, 5) is 0. The number of anilines is 1. The topological polar surface area (TPSA) is 21.3 Å². The van der Waals surface area contributed by atoms with Crippen LogP contribution in [0.1, 0.15) is 12.0 Å². The van der Waals surface area contributed by atoms with E-state index in [1.54, 1.807) is 6.07 Å². The van der Waals surface area contributed by atoms with E-state index in [2.05, 4.69) is 17.4 Å². The molecule has 0 spiro atoms. The Morgan fingerprint density at radius 2 is 1.89 bits per heavy atom. The van der Waals surface area contributed by atoms with Gasteiger partial charge < -0.3 is 10.1 Å². The number of aryl methyl sites for hydroxylation is 1. The largest absolute Gasteiger partial charge is 0.494 e. The van der Waals surface area contributed by atoms with Gasteiger partial charge in [-0.15, -0.1) is 0 Å². The molecule has 2 aromatic rings. The first kappa shape index (κ1) is 13.4. The lowest BCUT2D eigenvalue weighted by molar-refractivity contribution is 0.386. The molecule has 0 aromatic heterocycles. The molecular weight excluding hydrogens is 241 g/mol. The molecule has 0 heterocycles. The van der Waals surface area contributed by atoms with E-state index >= 15 is 0 Å². The number of halogens is 1. The zero-order valence-corrected chi connectivity index (χ0v) is 11.0. The maximum Gasteiger partial charge on any atom is 0.167 e. The highest BCUT2D eigenvalue weighted by atomic mass is 19.1. The molecule has 0 atom stereocenters. The first-order valence-corrected chi connectivity index (χ1v) is 6.41. The average Bonchev–Trinajstić information content (AvgIpc) is 2.45. The van der Waals surface area contributed by atoms with Crippen LogP contribution in [0.2, 0.25) is 0 Å². The Bertz CT molecular complexity index is 513. The van der Waals surface area contributed by atoms with Crippen molar-refractivity contribution >= 4 is 5.69 Å². The van der Waals surface area contributed by atoms with Gasteiger partial charge in [0, 0.05) is 18.3 Å². The number of ether oxygens (including phenoxy) is 1. The van der Waals surface area contributed by atoms with E-state index < -0.39 is 0 Å². The summed E-state index contributed by atoms with van der Waals surface area (Å²) in [6.07, 6.45) is 2.03. The van der Waals surface area contributed by atoms with Crippen molar-refractivity contribution in [2.24, 2.45) is 0 Å². The lowest BCUT2D eigenvalue weighted by Crippen LogP contribution is -2.03. The van der Waals surface area contributed by atoms with Gasteiger partial charge >= 0.3 is 0 Å². The van der Waals surface area contributed by atoms with Crippen LogP contribution in [0.5, 0.6) is 5.75 Å². The third kappa shape index (κ3) is 3.98. The van der Waals surface area contributed by atoms with Crippen molar-refractivity contribution in [1.82, 2.24) is 0 Å². The minimum Gasteiger partial charge on any atom is -0.494 e. The number of nitrogens with one attached hydrogen (secondary N) is 1. The molecule has 0 unspecified atom stereocenters. The molecule has 2 nitrogen and oxygen atoms in total. The van der Waals surface area contributed by atoms with Crippen molar-refractivity contribution in [2.75, 3.05) is 19.0 Å². The van der Waals surface area contributed by atoms with Crippen LogP contribution in [-0.4, -0.2) is 13.7 Å². The number of methoxy groups -OCH3 is 1. The van der Waals surface area contributed by atoms with Crippen molar-refractivity contribution in [3.63, 3.8) is 0 Å². The summed E-state index contributed by atoms with van der Waals surface area (Å²) in [6, 6.07) is 15.3. The van der Waals surface area contributed by atoms with Crippen LogP contribution in [0, 0.1) is 5.82 Å². The quantitative estimate of drug-likeness (QED) is 0.795. The molecule has 0 radical (unpaired) electrons. The third-order valence-corrected chi connectivity index (χ3v) is 2.97. The van der Waals surface area contributed by atoms with Gasteiger partial charge in [0.05, 0.1) is 7.11 Å². The van der Waals surface area contributed by atoms with Crippen LogP contribution >= 0.6 is 0 Å². The van der Waals surface area contributed by atoms with E-state index in [1.807, 2.05) is 24.3 Å². The van der Waals surface area contributed by atoms with Gasteiger partial charge in [0.15, 0.2) is 11.6 Å². The van der Waals surface area contributed by atoms with Gasteiger partial charge in [0.2, 0.25) is 0 Å². The second kappa shape index (κ2) is 6.78. The second-order valence-electron chi connectivity index (χ2n) is 4.37. The van der Waals surface area contributed by atoms with Crippen molar-refractivity contribution in [3.05, 3.63) is 59.9 Å². The summed E-state index contributed by atoms with van der Waals surface area (Å²) in [5.41, 5.74) is 2.11. The summed E-state index contributed by atoms with van der Waals surface area (Å²) in [5, 5.41) is 3.21. The Balaban J connectivity index is 1.78. The van der Waals surface area contributed by atoms with Crippen LogP contribution in [0.4, 0.5) is 10.1 Å². The van der Waals surface area contributed by atoms with Gasteiger partial charge in [-0.05, 0) is 30.5 Å². The third-order valence-electron chi connectivity index (χ3n) is 2.97. The number of hydrogen-bond acceptors (Lipinski definition) is 2. The van der Waals surface area contributed by atoms with E-state index in [-0.39, 0.29) is 11.6 Å². The zero-order valence-electron chi connectivity index (χ0n) is 11.0. The molecule has 2 aromatic carbocycles. The Hall–Kier alpha value is -2.03. The second-order valence-corrected chi connectivity index (χ2v) is 4.37. The lowest BCUT2D eigenvalue weighted by atomic mass is 10.1. The lowest BCUT2D eigenvalue weighted by Gasteiger charge is -2.08. The average molecular weight is 259 g/mol. The fourth-order valence-corrected chi connectivity index (χ4v) is 1.95. The van der Waals surface area contributed by atoms with E-state index in [9.17, 15) is 4.39 Å². The minimum absolute atomic E-state index is 0.273. The van der Waals surface area contributed by atoms with E-state index in [4.69, 9.17) is 4.74 Å². The molecule has 3 heteroatoms. The summed E-state index contributed by atoms with van der Waals surface area (Å²) in [5.74, 6) is -0.0644. The molecule has 2 rings (SSSR count). The number of benzene rings is 2. The Morgan fingerprint density at radius 1 is 1.11 bits per heavy atom. The Morgan fingerprint density at radius 3 is 2.58 bits per heavy atom. The van der Waals surface area contributed by atoms with Gasteiger partial charge in [0.25, 0.3) is 0 Å². The molecular formula is C16H18FNO. The molecule has 0 aliphatic carbocycles. The maximum atomic E-state index is 13.5. The van der Waals surface area contributed by atoms with Gasteiger partial charge in [-0.25, -0.2) is 4.39 Å². The van der Waals surface area contributed by atoms with E-state index in [1.165, 1.54) is 18.7 Å². The normalized spacial score (nSPS) is 10.2. The van der Waals surface area contributed by atoms with Crippen molar-refractivity contribution < 1.29 is 9.13 Å². The van der Waals surface area contributed by atoms with Gasteiger partial charge in [-0.2, -0.15) is 0 Å². The SMILES string of the molecule is COc1ccc(NCCCc2ccccc2)cc1F. The molecule has 0 fully saturated rings. The monoisotopic (exact) mass is 259 g/mol. The molecule has 100 valence electrons. The van der Waals surface area contributed by atoms with E-state index in [0.717, 1.165) is 25.1 Å². The molecule has 1 N–H and O–H groups in total. The first-order chi connectivity index (χ1) is 9.29. The van der Waals surface area contributed by atoms with Gasteiger partial charge in [-0.3, -0.25) is 0 Å². The number of rotatable bonds is 6. The zero-order chi connectivity index (χ0) is 13.5.